The molecule has 0 aliphatic carbocycles. The third-order valence-corrected chi connectivity index (χ3v) is 6.36. The Hall–Kier alpha value is -3.56. The number of aryl methyl sites for hydroxylation is 1. The van der Waals surface area contributed by atoms with Crippen LogP contribution in [-0.4, -0.2) is 54.0 Å². The maximum Gasteiger partial charge on any atom is 0.188 e. The lowest BCUT2D eigenvalue weighted by atomic mass is 10.1. The highest BCUT2D eigenvalue weighted by molar-refractivity contribution is 5.87. The molecule has 4 aromatic rings. The number of halogens is 1. The Morgan fingerprint density at radius 3 is 2.65 bits per heavy atom. The highest BCUT2D eigenvalue weighted by Crippen LogP contribution is 2.39. The monoisotopic (exact) mass is 462 g/mol. The standard InChI is InChI=1S/C25H27FN6O2/c1-15(2)31-6-7-32(22-8-16(14-33)9-23(34)24(22)26)21-5-4-19-25(18(21)13-31)29-20(11-27-19)17-10-28-30(3)12-17/h4-5,8-12,15,33-34H,6-7,13-14H2,1-3H3. The van der Waals surface area contributed by atoms with E-state index in [4.69, 9.17) is 4.98 Å². The molecule has 2 aromatic heterocycles. The van der Waals surface area contributed by atoms with Crippen molar-refractivity contribution in [1.29, 1.82) is 0 Å². The average molecular weight is 463 g/mol. The van der Waals surface area contributed by atoms with Gasteiger partial charge in [-0.25, -0.2) is 9.37 Å². The Labute approximate surface area is 196 Å². The van der Waals surface area contributed by atoms with Crippen LogP contribution in [0.1, 0.15) is 25.0 Å². The molecule has 1 aliphatic heterocycles. The average Bonchev–Trinajstić information content (AvgIpc) is 3.16. The highest BCUT2D eigenvalue weighted by atomic mass is 19.1. The van der Waals surface area contributed by atoms with Crippen LogP contribution in [0.3, 0.4) is 0 Å². The first kappa shape index (κ1) is 22.2. The van der Waals surface area contributed by atoms with Crippen LogP contribution < -0.4 is 4.90 Å². The Morgan fingerprint density at radius 2 is 1.94 bits per heavy atom. The molecule has 0 unspecified atom stereocenters. The lowest BCUT2D eigenvalue weighted by molar-refractivity contribution is 0.224. The smallest absolute Gasteiger partial charge is 0.188 e. The summed E-state index contributed by atoms with van der Waals surface area (Å²) in [4.78, 5) is 13.8. The van der Waals surface area contributed by atoms with Gasteiger partial charge in [-0.15, -0.1) is 0 Å². The Balaban J connectivity index is 1.73. The Bertz CT molecular complexity index is 1370. The van der Waals surface area contributed by atoms with Crippen LogP contribution in [-0.2, 0) is 20.2 Å². The highest BCUT2D eigenvalue weighted by Gasteiger charge is 2.27. The van der Waals surface area contributed by atoms with E-state index in [0.29, 0.717) is 30.9 Å². The van der Waals surface area contributed by atoms with Crippen LogP contribution in [0.4, 0.5) is 15.8 Å². The van der Waals surface area contributed by atoms with Crippen LogP contribution >= 0.6 is 0 Å². The van der Waals surface area contributed by atoms with Crippen LogP contribution in [0.5, 0.6) is 5.75 Å². The van der Waals surface area contributed by atoms with Gasteiger partial charge in [0.05, 0.1) is 41.4 Å². The van der Waals surface area contributed by atoms with Crippen molar-refractivity contribution in [3.63, 3.8) is 0 Å². The van der Waals surface area contributed by atoms with Crippen LogP contribution in [0.15, 0.2) is 42.9 Å². The molecule has 1 aliphatic rings. The summed E-state index contributed by atoms with van der Waals surface area (Å²) in [6.45, 7) is 5.79. The van der Waals surface area contributed by atoms with Gasteiger partial charge >= 0.3 is 0 Å². The zero-order chi connectivity index (χ0) is 24.0. The van der Waals surface area contributed by atoms with Gasteiger partial charge in [-0.1, -0.05) is 0 Å². The molecule has 0 amide bonds. The third-order valence-electron chi connectivity index (χ3n) is 6.36. The lowest BCUT2D eigenvalue weighted by Gasteiger charge is -2.27. The first-order valence-electron chi connectivity index (χ1n) is 11.3. The number of phenolic OH excluding ortho intramolecular Hbond substituents is 1. The molecule has 0 spiro atoms. The number of hydrogen-bond donors (Lipinski definition) is 2. The van der Waals surface area contributed by atoms with E-state index >= 15 is 4.39 Å². The summed E-state index contributed by atoms with van der Waals surface area (Å²) in [6, 6.07) is 6.93. The van der Waals surface area contributed by atoms with Gasteiger partial charge in [-0.2, -0.15) is 5.10 Å². The van der Waals surface area contributed by atoms with Gasteiger partial charge in [0.1, 0.15) is 0 Å². The van der Waals surface area contributed by atoms with Crippen molar-refractivity contribution >= 4 is 22.4 Å². The molecular formula is C25H27FN6O2. The second-order valence-electron chi connectivity index (χ2n) is 8.91. The number of aromatic nitrogens is 4. The van der Waals surface area contributed by atoms with Crippen molar-refractivity contribution in [3.8, 4) is 17.0 Å². The molecule has 9 heteroatoms. The Kier molecular flexibility index (Phi) is 5.66. The van der Waals surface area contributed by atoms with Gasteiger partial charge < -0.3 is 15.1 Å². The summed E-state index contributed by atoms with van der Waals surface area (Å²) in [7, 11) is 1.85. The number of aliphatic hydroxyl groups is 1. The topological polar surface area (TPSA) is 90.5 Å². The van der Waals surface area contributed by atoms with E-state index in [2.05, 4.69) is 28.8 Å². The molecule has 0 saturated carbocycles. The first-order chi connectivity index (χ1) is 16.4. The normalized spacial score (nSPS) is 14.6. The molecule has 0 bridgehead atoms. The Morgan fingerprint density at radius 1 is 1.12 bits per heavy atom. The minimum atomic E-state index is -0.712. The fourth-order valence-corrected chi connectivity index (χ4v) is 4.48. The molecule has 0 saturated heterocycles. The number of anilines is 2. The molecule has 2 aromatic carbocycles. The van der Waals surface area contributed by atoms with E-state index in [0.717, 1.165) is 27.8 Å². The number of hydrogen-bond acceptors (Lipinski definition) is 7. The molecule has 8 nitrogen and oxygen atoms in total. The van der Waals surface area contributed by atoms with Gasteiger partial charge in [0, 0.05) is 55.7 Å². The number of rotatable bonds is 4. The zero-order valence-electron chi connectivity index (χ0n) is 19.4. The zero-order valence-corrected chi connectivity index (χ0v) is 19.4. The number of aromatic hydroxyl groups is 1. The molecular weight excluding hydrogens is 435 g/mol. The van der Waals surface area contributed by atoms with Crippen LogP contribution in [0.25, 0.3) is 22.3 Å². The third kappa shape index (κ3) is 3.86. The van der Waals surface area contributed by atoms with E-state index in [9.17, 15) is 10.2 Å². The van der Waals surface area contributed by atoms with E-state index in [1.807, 2.05) is 30.3 Å². The predicted molar refractivity (Wildman–Crippen MR) is 128 cm³/mol. The molecule has 0 radical (unpaired) electrons. The van der Waals surface area contributed by atoms with E-state index < -0.39 is 11.6 Å². The van der Waals surface area contributed by atoms with Gasteiger partial charge in [0.15, 0.2) is 11.6 Å². The van der Waals surface area contributed by atoms with Gasteiger partial charge in [-0.3, -0.25) is 14.6 Å². The van der Waals surface area contributed by atoms with Crippen LogP contribution in [0.2, 0.25) is 0 Å². The van der Waals surface area contributed by atoms with Crippen molar-refractivity contribution < 1.29 is 14.6 Å². The first-order valence-corrected chi connectivity index (χ1v) is 11.3. The summed E-state index contributed by atoms with van der Waals surface area (Å²) >= 11 is 0. The van der Waals surface area contributed by atoms with Gasteiger partial charge in [0.2, 0.25) is 0 Å². The maximum atomic E-state index is 15.2. The molecule has 176 valence electrons. The van der Waals surface area contributed by atoms with Crippen molar-refractivity contribution in [1.82, 2.24) is 24.6 Å². The van der Waals surface area contributed by atoms with E-state index in [1.54, 1.807) is 23.1 Å². The predicted octanol–water partition coefficient (Wildman–Crippen LogP) is 3.73. The number of phenols is 1. The molecule has 2 N–H and O–H groups in total. The summed E-state index contributed by atoms with van der Waals surface area (Å²) in [6.07, 6.45) is 5.38. The van der Waals surface area contributed by atoms with Crippen molar-refractivity contribution in [2.24, 2.45) is 7.05 Å². The maximum absolute atomic E-state index is 15.2. The fourth-order valence-electron chi connectivity index (χ4n) is 4.48. The van der Waals surface area contributed by atoms with Crippen molar-refractivity contribution in [2.45, 2.75) is 33.0 Å². The molecule has 0 atom stereocenters. The minimum Gasteiger partial charge on any atom is -0.505 e. The van der Waals surface area contributed by atoms with Gasteiger partial charge in [0.25, 0.3) is 0 Å². The molecule has 0 fully saturated rings. The van der Waals surface area contributed by atoms with Crippen molar-refractivity contribution in [2.75, 3.05) is 18.0 Å². The van der Waals surface area contributed by atoms with E-state index in [-0.39, 0.29) is 18.3 Å². The molecule has 5 rings (SSSR count). The number of aliphatic hydroxyl groups excluding tert-OH is 1. The summed E-state index contributed by atoms with van der Waals surface area (Å²) in [5, 5.41) is 24.1. The second kappa shape index (κ2) is 8.66. The number of fused-ring (bicyclic) bond motifs is 3. The summed E-state index contributed by atoms with van der Waals surface area (Å²) < 4.78 is 16.9. The number of nitrogens with zero attached hydrogens (tertiary/aromatic N) is 6. The molecule has 3 heterocycles. The van der Waals surface area contributed by atoms with Crippen LogP contribution in [0, 0.1) is 5.82 Å². The number of benzene rings is 2. The summed E-state index contributed by atoms with van der Waals surface area (Å²) in [5.74, 6) is -1.19. The lowest BCUT2D eigenvalue weighted by Crippen LogP contribution is -2.34. The quantitative estimate of drug-likeness (QED) is 0.478. The SMILES string of the molecule is CC(C)N1CCN(c2cc(CO)cc(O)c2F)c2ccc3ncc(-c4cnn(C)c4)nc3c2C1. The summed E-state index contributed by atoms with van der Waals surface area (Å²) in [5.41, 5.74) is 5.51. The van der Waals surface area contributed by atoms with E-state index in [1.165, 1.54) is 6.07 Å². The fraction of sp³-hybridized carbons (Fsp3) is 0.320. The molecule has 34 heavy (non-hydrogen) atoms. The second-order valence-corrected chi connectivity index (χ2v) is 8.91. The van der Waals surface area contributed by atoms with Crippen molar-refractivity contribution in [3.05, 3.63) is 59.8 Å². The van der Waals surface area contributed by atoms with Gasteiger partial charge in [-0.05, 0) is 43.7 Å². The minimum absolute atomic E-state index is 0.228. The largest absolute Gasteiger partial charge is 0.505 e.